The SMILES string of the molecule is CCC1CN(c2c(F)cccc2CBr)CCO1. The highest BCUT2D eigenvalue weighted by molar-refractivity contribution is 9.08. The smallest absolute Gasteiger partial charge is 0.146 e. The van der Waals surface area contributed by atoms with Crippen molar-refractivity contribution in [3.8, 4) is 0 Å². The lowest BCUT2D eigenvalue weighted by atomic mass is 10.1. The molecule has 0 N–H and O–H groups in total. The zero-order valence-corrected chi connectivity index (χ0v) is 11.5. The van der Waals surface area contributed by atoms with Crippen LogP contribution in [0.15, 0.2) is 18.2 Å². The minimum absolute atomic E-state index is 0.140. The highest BCUT2D eigenvalue weighted by Gasteiger charge is 2.23. The summed E-state index contributed by atoms with van der Waals surface area (Å²) in [6, 6.07) is 5.24. The Morgan fingerprint density at radius 3 is 3.06 bits per heavy atom. The van der Waals surface area contributed by atoms with Gasteiger partial charge in [-0.2, -0.15) is 0 Å². The van der Waals surface area contributed by atoms with Gasteiger partial charge in [-0.15, -0.1) is 0 Å². The van der Waals surface area contributed by atoms with Gasteiger partial charge in [0, 0.05) is 18.4 Å². The summed E-state index contributed by atoms with van der Waals surface area (Å²) in [5, 5.41) is 0.675. The second kappa shape index (κ2) is 5.83. The summed E-state index contributed by atoms with van der Waals surface area (Å²) in [6.07, 6.45) is 1.18. The van der Waals surface area contributed by atoms with Gasteiger partial charge in [-0.3, -0.25) is 0 Å². The molecule has 1 aliphatic heterocycles. The zero-order chi connectivity index (χ0) is 12.3. The number of morpholine rings is 1. The number of ether oxygens (including phenoxy) is 1. The van der Waals surface area contributed by atoms with Crippen LogP contribution in [0.2, 0.25) is 0 Å². The van der Waals surface area contributed by atoms with Crippen LogP contribution in [0.25, 0.3) is 0 Å². The van der Waals surface area contributed by atoms with Crippen molar-refractivity contribution in [2.45, 2.75) is 24.8 Å². The van der Waals surface area contributed by atoms with Gasteiger partial charge >= 0.3 is 0 Å². The lowest BCUT2D eigenvalue weighted by molar-refractivity contribution is 0.0382. The van der Waals surface area contributed by atoms with Crippen LogP contribution in [0, 0.1) is 5.82 Å². The van der Waals surface area contributed by atoms with Crippen molar-refractivity contribution in [1.82, 2.24) is 0 Å². The number of hydrogen-bond acceptors (Lipinski definition) is 2. The molecule has 2 nitrogen and oxygen atoms in total. The molecule has 0 aliphatic carbocycles. The fourth-order valence-corrected chi connectivity index (χ4v) is 2.64. The minimum atomic E-state index is -0.140. The molecule has 0 saturated carbocycles. The van der Waals surface area contributed by atoms with E-state index < -0.39 is 0 Å². The first-order valence-corrected chi connectivity index (χ1v) is 7.08. The fraction of sp³-hybridized carbons (Fsp3) is 0.538. The molecule has 1 aromatic rings. The molecular formula is C13H17BrFNO. The Hall–Kier alpha value is -0.610. The third kappa shape index (κ3) is 2.80. The molecule has 0 spiro atoms. The molecule has 1 heterocycles. The predicted molar refractivity (Wildman–Crippen MR) is 71.3 cm³/mol. The van der Waals surface area contributed by atoms with E-state index in [0.29, 0.717) is 11.9 Å². The molecule has 1 saturated heterocycles. The molecule has 1 aromatic carbocycles. The van der Waals surface area contributed by atoms with Crippen LogP contribution in [0.4, 0.5) is 10.1 Å². The lowest BCUT2D eigenvalue weighted by Gasteiger charge is -2.35. The number of alkyl halides is 1. The monoisotopic (exact) mass is 301 g/mol. The number of para-hydroxylation sites is 1. The van der Waals surface area contributed by atoms with E-state index in [1.165, 1.54) is 6.07 Å². The maximum Gasteiger partial charge on any atom is 0.146 e. The molecule has 17 heavy (non-hydrogen) atoms. The van der Waals surface area contributed by atoms with E-state index in [1.807, 2.05) is 6.07 Å². The Kier molecular flexibility index (Phi) is 4.40. The van der Waals surface area contributed by atoms with Crippen molar-refractivity contribution < 1.29 is 9.13 Å². The molecule has 1 fully saturated rings. The summed E-state index contributed by atoms with van der Waals surface area (Å²) < 4.78 is 19.6. The summed E-state index contributed by atoms with van der Waals surface area (Å²) in [5.74, 6) is -0.140. The largest absolute Gasteiger partial charge is 0.375 e. The van der Waals surface area contributed by atoms with Crippen molar-refractivity contribution in [3.05, 3.63) is 29.6 Å². The number of rotatable bonds is 3. The van der Waals surface area contributed by atoms with Crippen LogP contribution in [0.5, 0.6) is 0 Å². The number of benzene rings is 1. The van der Waals surface area contributed by atoms with Gasteiger partial charge in [0.2, 0.25) is 0 Å². The third-order valence-electron chi connectivity index (χ3n) is 3.12. The summed E-state index contributed by atoms with van der Waals surface area (Å²) in [6.45, 7) is 4.31. The third-order valence-corrected chi connectivity index (χ3v) is 3.73. The van der Waals surface area contributed by atoms with Gasteiger partial charge < -0.3 is 9.64 Å². The Balaban J connectivity index is 2.26. The Bertz CT molecular complexity index is 386. The second-order valence-corrected chi connectivity index (χ2v) is 4.79. The van der Waals surface area contributed by atoms with Crippen LogP contribution in [-0.4, -0.2) is 25.8 Å². The van der Waals surface area contributed by atoms with E-state index in [1.54, 1.807) is 6.07 Å². The van der Waals surface area contributed by atoms with Crippen molar-refractivity contribution in [2.24, 2.45) is 0 Å². The molecule has 94 valence electrons. The molecule has 1 atom stereocenters. The first kappa shape index (κ1) is 12.8. The van der Waals surface area contributed by atoms with E-state index in [-0.39, 0.29) is 11.9 Å². The molecule has 0 aromatic heterocycles. The average Bonchev–Trinajstić information content (AvgIpc) is 2.38. The van der Waals surface area contributed by atoms with Crippen LogP contribution in [0.1, 0.15) is 18.9 Å². The Morgan fingerprint density at radius 2 is 2.35 bits per heavy atom. The normalized spacial score (nSPS) is 20.6. The molecule has 1 unspecified atom stereocenters. The van der Waals surface area contributed by atoms with Crippen molar-refractivity contribution in [3.63, 3.8) is 0 Å². The Labute approximate surface area is 110 Å². The van der Waals surface area contributed by atoms with Crippen LogP contribution in [0.3, 0.4) is 0 Å². The first-order valence-electron chi connectivity index (χ1n) is 5.96. The van der Waals surface area contributed by atoms with Gasteiger partial charge in [-0.1, -0.05) is 35.0 Å². The molecular weight excluding hydrogens is 285 g/mol. The van der Waals surface area contributed by atoms with Gasteiger partial charge in [-0.25, -0.2) is 4.39 Å². The molecule has 2 rings (SSSR count). The number of halogens is 2. The van der Waals surface area contributed by atoms with Crippen LogP contribution >= 0.6 is 15.9 Å². The molecule has 4 heteroatoms. The second-order valence-electron chi connectivity index (χ2n) is 4.23. The van der Waals surface area contributed by atoms with Gasteiger partial charge in [-0.05, 0) is 18.1 Å². The summed E-state index contributed by atoms with van der Waals surface area (Å²) in [5.41, 5.74) is 1.73. The zero-order valence-electron chi connectivity index (χ0n) is 9.96. The van der Waals surface area contributed by atoms with Crippen molar-refractivity contribution in [2.75, 3.05) is 24.6 Å². The number of anilines is 1. The van der Waals surface area contributed by atoms with Gasteiger partial charge in [0.1, 0.15) is 5.82 Å². The Morgan fingerprint density at radius 1 is 1.53 bits per heavy atom. The molecule has 1 aliphatic rings. The standard InChI is InChI=1S/C13H17BrFNO/c1-2-11-9-16(6-7-17-11)13-10(8-14)4-3-5-12(13)15/h3-5,11H,2,6-9H2,1H3. The molecule has 0 amide bonds. The van der Waals surface area contributed by atoms with Gasteiger partial charge in [0.15, 0.2) is 0 Å². The topological polar surface area (TPSA) is 12.5 Å². The van der Waals surface area contributed by atoms with Crippen molar-refractivity contribution >= 4 is 21.6 Å². The molecule has 0 radical (unpaired) electrons. The lowest BCUT2D eigenvalue weighted by Crippen LogP contribution is -2.43. The quantitative estimate of drug-likeness (QED) is 0.794. The number of nitrogens with zero attached hydrogens (tertiary/aromatic N) is 1. The molecule has 0 bridgehead atoms. The number of hydrogen-bond donors (Lipinski definition) is 0. The maximum absolute atomic E-state index is 13.9. The van der Waals surface area contributed by atoms with Crippen molar-refractivity contribution in [1.29, 1.82) is 0 Å². The summed E-state index contributed by atoms with van der Waals surface area (Å²) in [7, 11) is 0. The summed E-state index contributed by atoms with van der Waals surface area (Å²) >= 11 is 3.42. The highest BCUT2D eigenvalue weighted by Crippen LogP contribution is 2.28. The average molecular weight is 302 g/mol. The van der Waals surface area contributed by atoms with Crippen LogP contribution < -0.4 is 4.90 Å². The minimum Gasteiger partial charge on any atom is -0.375 e. The van der Waals surface area contributed by atoms with E-state index in [2.05, 4.69) is 27.8 Å². The van der Waals surface area contributed by atoms with E-state index >= 15 is 0 Å². The van der Waals surface area contributed by atoms with E-state index in [0.717, 1.165) is 30.8 Å². The van der Waals surface area contributed by atoms with Gasteiger partial charge in [0.05, 0.1) is 18.4 Å². The highest BCUT2D eigenvalue weighted by atomic mass is 79.9. The van der Waals surface area contributed by atoms with Crippen LogP contribution in [-0.2, 0) is 10.1 Å². The summed E-state index contributed by atoms with van der Waals surface area (Å²) in [4.78, 5) is 2.10. The fourth-order valence-electron chi connectivity index (χ4n) is 2.19. The van der Waals surface area contributed by atoms with Gasteiger partial charge in [0.25, 0.3) is 0 Å². The van der Waals surface area contributed by atoms with E-state index in [9.17, 15) is 4.39 Å². The van der Waals surface area contributed by atoms with E-state index in [4.69, 9.17) is 4.74 Å². The first-order chi connectivity index (χ1) is 8.26. The maximum atomic E-state index is 13.9. The predicted octanol–water partition coefficient (Wildman–Crippen LogP) is 3.34.